The first-order chi connectivity index (χ1) is 7.11. The Morgan fingerprint density at radius 2 is 1.73 bits per heavy atom. The first kappa shape index (κ1) is 14.6. The summed E-state index contributed by atoms with van der Waals surface area (Å²) in [6.07, 6.45) is 6.33. The molecule has 0 aliphatic rings. The van der Waals surface area contributed by atoms with Crippen molar-refractivity contribution in [2.24, 2.45) is 22.9 Å². The zero-order valence-corrected chi connectivity index (χ0v) is 10.8. The van der Waals surface area contributed by atoms with Crippen molar-refractivity contribution in [1.82, 2.24) is 0 Å². The van der Waals surface area contributed by atoms with E-state index in [9.17, 15) is 4.91 Å². The Balaban J connectivity index is 3.65. The second-order valence-corrected chi connectivity index (χ2v) is 5.14. The normalized spacial score (nSPS) is 15.3. The fraction of sp³-hybridized carbons (Fsp3) is 1.00. The maximum absolute atomic E-state index is 10.3. The zero-order valence-electron chi connectivity index (χ0n) is 10.8. The van der Waals surface area contributed by atoms with E-state index >= 15 is 0 Å². The van der Waals surface area contributed by atoms with Gasteiger partial charge in [-0.15, -0.1) is 0 Å². The van der Waals surface area contributed by atoms with Crippen LogP contribution in [-0.4, -0.2) is 6.54 Å². The van der Waals surface area contributed by atoms with Gasteiger partial charge in [0, 0.05) is 0 Å². The first-order valence-electron chi connectivity index (χ1n) is 6.40. The van der Waals surface area contributed by atoms with Gasteiger partial charge in [-0.1, -0.05) is 58.6 Å². The fourth-order valence-electron chi connectivity index (χ4n) is 2.10. The highest BCUT2D eigenvalue weighted by molar-refractivity contribution is 4.66. The van der Waals surface area contributed by atoms with E-state index in [0.29, 0.717) is 18.4 Å². The predicted octanol–water partition coefficient (Wildman–Crippen LogP) is 4.63. The van der Waals surface area contributed by atoms with Gasteiger partial charge in [0.2, 0.25) is 0 Å². The minimum Gasteiger partial charge on any atom is -0.151 e. The maximum atomic E-state index is 10.3. The van der Waals surface area contributed by atoms with Gasteiger partial charge in [0.25, 0.3) is 0 Å². The van der Waals surface area contributed by atoms with Crippen LogP contribution >= 0.6 is 0 Å². The zero-order chi connectivity index (χ0) is 11.7. The molecule has 0 aliphatic carbocycles. The number of nitrogens with zero attached hydrogens (tertiary/aromatic N) is 1. The largest absolute Gasteiger partial charge is 0.151 e. The SMILES string of the molecule is CCCC(C)CCCC(CN=O)C(C)C. The third-order valence-corrected chi connectivity index (χ3v) is 3.31. The molecule has 0 saturated carbocycles. The molecule has 0 radical (unpaired) electrons. The molecule has 0 rings (SSSR count). The van der Waals surface area contributed by atoms with E-state index in [2.05, 4.69) is 32.9 Å². The van der Waals surface area contributed by atoms with Crippen molar-refractivity contribution in [3.05, 3.63) is 4.91 Å². The van der Waals surface area contributed by atoms with Gasteiger partial charge in [-0.25, -0.2) is 0 Å². The van der Waals surface area contributed by atoms with Crippen molar-refractivity contribution in [1.29, 1.82) is 0 Å². The third-order valence-electron chi connectivity index (χ3n) is 3.31. The molecule has 2 nitrogen and oxygen atoms in total. The molecule has 2 unspecified atom stereocenters. The van der Waals surface area contributed by atoms with Crippen molar-refractivity contribution in [3.8, 4) is 0 Å². The highest BCUT2D eigenvalue weighted by atomic mass is 16.3. The summed E-state index contributed by atoms with van der Waals surface area (Å²) in [4.78, 5) is 10.3. The molecule has 90 valence electrons. The second kappa shape index (κ2) is 8.87. The molecule has 0 fully saturated rings. The minimum atomic E-state index is 0.497. The monoisotopic (exact) mass is 213 g/mol. The molecule has 0 bridgehead atoms. The van der Waals surface area contributed by atoms with Crippen LogP contribution in [0.2, 0.25) is 0 Å². The van der Waals surface area contributed by atoms with Gasteiger partial charge in [0.1, 0.15) is 0 Å². The summed E-state index contributed by atoms with van der Waals surface area (Å²) >= 11 is 0. The van der Waals surface area contributed by atoms with Crippen LogP contribution in [0.25, 0.3) is 0 Å². The summed E-state index contributed by atoms with van der Waals surface area (Å²) in [6.45, 7) is 9.44. The lowest BCUT2D eigenvalue weighted by Gasteiger charge is -2.18. The Morgan fingerprint density at radius 1 is 1.07 bits per heavy atom. The van der Waals surface area contributed by atoms with Crippen molar-refractivity contribution in [2.45, 2.75) is 59.8 Å². The van der Waals surface area contributed by atoms with E-state index in [0.717, 1.165) is 12.3 Å². The molecule has 15 heavy (non-hydrogen) atoms. The lowest BCUT2D eigenvalue weighted by Crippen LogP contribution is -2.12. The smallest absolute Gasteiger partial charge is 0.0841 e. The maximum Gasteiger partial charge on any atom is 0.0841 e. The summed E-state index contributed by atoms with van der Waals surface area (Å²) in [5.41, 5.74) is 0. The van der Waals surface area contributed by atoms with Crippen LogP contribution in [0, 0.1) is 22.7 Å². The molecule has 0 aromatic heterocycles. The van der Waals surface area contributed by atoms with Gasteiger partial charge in [0.05, 0.1) is 6.54 Å². The Kier molecular flexibility index (Phi) is 8.64. The van der Waals surface area contributed by atoms with Crippen molar-refractivity contribution in [2.75, 3.05) is 6.54 Å². The van der Waals surface area contributed by atoms with E-state index in [1.165, 1.54) is 25.7 Å². The Hall–Kier alpha value is -0.400. The van der Waals surface area contributed by atoms with Crippen LogP contribution in [0.15, 0.2) is 5.18 Å². The molecule has 0 aromatic rings. The van der Waals surface area contributed by atoms with E-state index in [4.69, 9.17) is 0 Å². The lowest BCUT2D eigenvalue weighted by molar-refractivity contribution is 0.339. The summed E-state index contributed by atoms with van der Waals surface area (Å²) < 4.78 is 0. The van der Waals surface area contributed by atoms with Gasteiger partial charge in [-0.3, -0.25) is 0 Å². The average Bonchev–Trinajstić information content (AvgIpc) is 2.16. The summed E-state index contributed by atoms with van der Waals surface area (Å²) in [5, 5.41) is 3.04. The Bertz CT molecular complexity index is 157. The molecule has 0 saturated heterocycles. The Labute approximate surface area is 94.8 Å². The summed E-state index contributed by atoms with van der Waals surface area (Å²) in [5.74, 6) is 1.92. The van der Waals surface area contributed by atoms with Gasteiger partial charge < -0.3 is 0 Å². The number of rotatable bonds is 9. The molecule has 2 heteroatoms. The molecule has 0 amide bonds. The van der Waals surface area contributed by atoms with Crippen molar-refractivity contribution >= 4 is 0 Å². The van der Waals surface area contributed by atoms with Gasteiger partial charge >= 0.3 is 0 Å². The third kappa shape index (κ3) is 7.52. The number of hydrogen-bond acceptors (Lipinski definition) is 2. The van der Waals surface area contributed by atoms with E-state index < -0.39 is 0 Å². The molecule has 2 atom stereocenters. The number of hydrogen-bond donors (Lipinski definition) is 0. The molecular weight excluding hydrogens is 186 g/mol. The van der Waals surface area contributed by atoms with Crippen LogP contribution in [0.5, 0.6) is 0 Å². The van der Waals surface area contributed by atoms with Crippen LogP contribution in [0.3, 0.4) is 0 Å². The Morgan fingerprint density at radius 3 is 2.20 bits per heavy atom. The van der Waals surface area contributed by atoms with Crippen LogP contribution < -0.4 is 0 Å². The van der Waals surface area contributed by atoms with Crippen molar-refractivity contribution in [3.63, 3.8) is 0 Å². The highest BCUT2D eigenvalue weighted by Gasteiger charge is 2.13. The second-order valence-electron chi connectivity index (χ2n) is 5.14. The molecule has 0 aliphatic heterocycles. The molecule has 0 spiro atoms. The number of nitroso groups, excluding NO2 is 1. The standard InChI is InChI=1S/C13H27NO/c1-5-7-12(4)8-6-9-13(10-14-15)11(2)3/h11-13H,5-10H2,1-4H3. The lowest BCUT2D eigenvalue weighted by atomic mass is 9.88. The van der Waals surface area contributed by atoms with Gasteiger partial charge in [0.15, 0.2) is 0 Å². The van der Waals surface area contributed by atoms with Crippen LogP contribution in [-0.2, 0) is 0 Å². The summed E-state index contributed by atoms with van der Waals surface area (Å²) in [7, 11) is 0. The van der Waals surface area contributed by atoms with Crippen LogP contribution in [0.4, 0.5) is 0 Å². The van der Waals surface area contributed by atoms with Crippen molar-refractivity contribution < 1.29 is 0 Å². The molecule has 0 heterocycles. The molecule has 0 N–H and O–H groups in total. The fourth-order valence-corrected chi connectivity index (χ4v) is 2.10. The topological polar surface area (TPSA) is 29.4 Å². The predicted molar refractivity (Wildman–Crippen MR) is 66.9 cm³/mol. The van der Waals surface area contributed by atoms with E-state index in [1.807, 2.05) is 0 Å². The minimum absolute atomic E-state index is 0.497. The van der Waals surface area contributed by atoms with Gasteiger partial charge in [-0.2, -0.15) is 4.91 Å². The quantitative estimate of drug-likeness (QED) is 0.513. The average molecular weight is 213 g/mol. The molecule has 0 aromatic carbocycles. The highest BCUT2D eigenvalue weighted by Crippen LogP contribution is 2.21. The van der Waals surface area contributed by atoms with Gasteiger partial charge in [-0.05, 0) is 24.2 Å². The molecular formula is C13H27NO. The first-order valence-corrected chi connectivity index (χ1v) is 6.40. The van der Waals surface area contributed by atoms with Crippen LogP contribution in [0.1, 0.15) is 59.8 Å². The summed E-state index contributed by atoms with van der Waals surface area (Å²) in [6, 6.07) is 0. The van der Waals surface area contributed by atoms with E-state index in [-0.39, 0.29) is 0 Å². The van der Waals surface area contributed by atoms with E-state index in [1.54, 1.807) is 0 Å².